The van der Waals surface area contributed by atoms with E-state index in [9.17, 15) is 4.79 Å². The topological polar surface area (TPSA) is 61.5 Å². The van der Waals surface area contributed by atoms with Gasteiger partial charge in [-0.3, -0.25) is 4.79 Å². The second kappa shape index (κ2) is 5.58. The maximum absolute atomic E-state index is 10.3. The fourth-order valence-corrected chi connectivity index (χ4v) is 0.526. The number of amides is 1. The Labute approximate surface area is 66.0 Å². The van der Waals surface area contributed by atoms with E-state index in [0.717, 1.165) is 6.08 Å². The first kappa shape index (κ1) is 9.81. The molecule has 64 valence electrons. The highest BCUT2D eigenvalue weighted by molar-refractivity contribution is 5.85. The maximum atomic E-state index is 10.3. The van der Waals surface area contributed by atoms with Gasteiger partial charge in [-0.2, -0.15) is 0 Å². The van der Waals surface area contributed by atoms with E-state index in [1.807, 2.05) is 0 Å². The number of hydrogen-bond acceptors (Lipinski definition) is 3. The molecule has 0 aliphatic heterocycles. The number of carbonyl (C=O) groups excluding carboxylic acids is 1. The van der Waals surface area contributed by atoms with Gasteiger partial charge in [0.1, 0.15) is 0 Å². The van der Waals surface area contributed by atoms with Crippen molar-refractivity contribution >= 4 is 5.91 Å². The highest BCUT2D eigenvalue weighted by atomic mass is 16.7. The molecule has 0 atom stereocenters. The summed E-state index contributed by atoms with van der Waals surface area (Å²) < 4.78 is 9.86. The third-order valence-corrected chi connectivity index (χ3v) is 0.833. The smallest absolute Gasteiger partial charge is 0.284 e. The van der Waals surface area contributed by atoms with Crippen molar-refractivity contribution in [2.24, 2.45) is 5.73 Å². The van der Waals surface area contributed by atoms with Crippen LogP contribution in [0.4, 0.5) is 0 Å². The van der Waals surface area contributed by atoms with Gasteiger partial charge in [0, 0.05) is 0 Å². The van der Waals surface area contributed by atoms with Crippen LogP contribution in [-0.4, -0.2) is 19.1 Å². The van der Waals surface area contributed by atoms with E-state index >= 15 is 0 Å². The molecular formula is C7H13NO3. The van der Waals surface area contributed by atoms with Crippen LogP contribution in [0.5, 0.6) is 0 Å². The normalized spacial score (nSPS) is 8.55. The minimum absolute atomic E-state index is 0.183. The highest BCUT2D eigenvalue weighted by Crippen LogP contribution is 1.98. The minimum Gasteiger partial charge on any atom is -0.466 e. The van der Waals surface area contributed by atoms with Crippen LogP contribution in [0.3, 0.4) is 0 Å². The molecule has 1 amide bonds. The number of carbonyl (C=O) groups is 1. The lowest BCUT2D eigenvalue weighted by atomic mass is 10.6. The molecule has 0 aromatic heterocycles. The fraction of sp³-hybridized carbons (Fsp3) is 0.571. The van der Waals surface area contributed by atoms with E-state index in [4.69, 9.17) is 15.2 Å². The van der Waals surface area contributed by atoms with E-state index in [-0.39, 0.29) is 5.95 Å². The highest BCUT2D eigenvalue weighted by Gasteiger charge is 1.98. The molecule has 0 heterocycles. The van der Waals surface area contributed by atoms with Gasteiger partial charge < -0.3 is 15.2 Å². The number of primary amides is 1. The largest absolute Gasteiger partial charge is 0.466 e. The summed E-state index contributed by atoms with van der Waals surface area (Å²) in [5.74, 6) is -0.385. The van der Waals surface area contributed by atoms with Crippen LogP contribution < -0.4 is 5.73 Å². The average Bonchev–Trinajstić information content (AvgIpc) is 1.87. The monoisotopic (exact) mass is 159 g/mol. The molecule has 0 saturated heterocycles. The summed E-state index contributed by atoms with van der Waals surface area (Å²) in [7, 11) is 0. The van der Waals surface area contributed by atoms with Crippen LogP contribution in [0.2, 0.25) is 0 Å². The van der Waals surface area contributed by atoms with E-state index in [2.05, 4.69) is 0 Å². The van der Waals surface area contributed by atoms with E-state index in [1.165, 1.54) is 0 Å². The average molecular weight is 159 g/mol. The first-order valence-electron chi connectivity index (χ1n) is 3.47. The van der Waals surface area contributed by atoms with Crippen LogP contribution in [-0.2, 0) is 14.3 Å². The SMILES string of the molecule is CCOC(=CC(N)=O)OCC. The molecule has 2 N–H and O–H groups in total. The Morgan fingerprint density at radius 1 is 1.36 bits per heavy atom. The van der Waals surface area contributed by atoms with Crippen molar-refractivity contribution in [3.8, 4) is 0 Å². The Morgan fingerprint density at radius 2 is 1.82 bits per heavy atom. The van der Waals surface area contributed by atoms with Crippen molar-refractivity contribution < 1.29 is 14.3 Å². The second-order valence-electron chi connectivity index (χ2n) is 1.73. The van der Waals surface area contributed by atoms with E-state index in [0.29, 0.717) is 13.2 Å². The number of ether oxygens (including phenoxy) is 2. The van der Waals surface area contributed by atoms with Crippen LogP contribution in [0.25, 0.3) is 0 Å². The zero-order valence-corrected chi connectivity index (χ0v) is 6.79. The van der Waals surface area contributed by atoms with Gasteiger partial charge in [-0.15, -0.1) is 0 Å². The molecule has 0 spiro atoms. The molecule has 4 nitrogen and oxygen atoms in total. The maximum Gasteiger partial charge on any atom is 0.284 e. The van der Waals surface area contributed by atoms with Crippen molar-refractivity contribution in [1.29, 1.82) is 0 Å². The van der Waals surface area contributed by atoms with Crippen LogP contribution >= 0.6 is 0 Å². The summed E-state index contributed by atoms with van der Waals surface area (Å²) in [6, 6.07) is 0. The van der Waals surface area contributed by atoms with Crippen molar-refractivity contribution in [2.45, 2.75) is 13.8 Å². The summed E-state index contributed by atoms with van der Waals surface area (Å²) in [5, 5.41) is 0. The fourth-order valence-electron chi connectivity index (χ4n) is 0.526. The molecule has 4 heteroatoms. The van der Waals surface area contributed by atoms with Gasteiger partial charge in [0.2, 0.25) is 5.91 Å². The predicted molar refractivity (Wildman–Crippen MR) is 40.5 cm³/mol. The Balaban J connectivity index is 3.96. The molecule has 0 unspecified atom stereocenters. The summed E-state index contributed by atoms with van der Waals surface area (Å²) in [4.78, 5) is 10.3. The van der Waals surface area contributed by atoms with Crippen LogP contribution in [0, 0.1) is 0 Å². The Morgan fingerprint density at radius 3 is 2.09 bits per heavy atom. The lowest BCUT2D eigenvalue weighted by Crippen LogP contribution is -2.09. The lowest BCUT2D eigenvalue weighted by Gasteiger charge is -2.06. The number of hydrogen-bond donors (Lipinski definition) is 1. The lowest BCUT2D eigenvalue weighted by molar-refractivity contribution is -0.114. The van der Waals surface area contributed by atoms with Gasteiger partial charge in [-0.1, -0.05) is 0 Å². The number of rotatable bonds is 5. The van der Waals surface area contributed by atoms with E-state index in [1.54, 1.807) is 13.8 Å². The molecule has 0 aliphatic rings. The van der Waals surface area contributed by atoms with Crippen LogP contribution in [0.1, 0.15) is 13.8 Å². The van der Waals surface area contributed by atoms with E-state index < -0.39 is 5.91 Å². The quantitative estimate of drug-likeness (QED) is 0.466. The summed E-state index contributed by atoms with van der Waals surface area (Å²) >= 11 is 0. The molecule has 0 aromatic carbocycles. The first-order valence-corrected chi connectivity index (χ1v) is 3.47. The molecule has 0 bridgehead atoms. The third-order valence-electron chi connectivity index (χ3n) is 0.833. The molecule has 11 heavy (non-hydrogen) atoms. The molecule has 0 radical (unpaired) electrons. The van der Waals surface area contributed by atoms with Gasteiger partial charge in [0.25, 0.3) is 5.95 Å². The van der Waals surface area contributed by atoms with Gasteiger partial charge >= 0.3 is 0 Å². The van der Waals surface area contributed by atoms with Crippen molar-refractivity contribution in [3.63, 3.8) is 0 Å². The Hall–Kier alpha value is -1.19. The zero-order chi connectivity index (χ0) is 8.69. The van der Waals surface area contributed by atoms with Gasteiger partial charge in [0.15, 0.2) is 0 Å². The van der Waals surface area contributed by atoms with Crippen LogP contribution in [0.15, 0.2) is 12.0 Å². The molecule has 0 rings (SSSR count). The molecule has 0 saturated carbocycles. The zero-order valence-electron chi connectivity index (χ0n) is 6.79. The molecule has 0 aliphatic carbocycles. The molecule has 0 aromatic rings. The van der Waals surface area contributed by atoms with Crippen molar-refractivity contribution in [2.75, 3.05) is 13.2 Å². The molecular weight excluding hydrogens is 146 g/mol. The van der Waals surface area contributed by atoms with Gasteiger partial charge in [-0.25, -0.2) is 0 Å². The summed E-state index contributed by atoms with van der Waals surface area (Å²) in [5.41, 5.74) is 4.88. The first-order chi connectivity index (χ1) is 5.20. The van der Waals surface area contributed by atoms with Crippen molar-refractivity contribution in [3.05, 3.63) is 12.0 Å². The molecule has 0 fully saturated rings. The standard InChI is InChI=1S/C7H13NO3/c1-3-10-7(11-4-2)5-6(8)9/h5H,3-4H2,1-2H3,(H2,8,9). The van der Waals surface area contributed by atoms with Gasteiger partial charge in [-0.05, 0) is 13.8 Å². The third kappa shape index (κ3) is 5.26. The Bertz CT molecular complexity index is 146. The summed E-state index contributed by atoms with van der Waals surface area (Å²) in [6.07, 6.45) is 1.12. The van der Waals surface area contributed by atoms with Crippen molar-refractivity contribution in [1.82, 2.24) is 0 Å². The minimum atomic E-state index is -0.568. The Kier molecular flexibility index (Phi) is 4.98. The van der Waals surface area contributed by atoms with Gasteiger partial charge in [0.05, 0.1) is 19.3 Å². The number of nitrogens with two attached hydrogens (primary N) is 1. The second-order valence-corrected chi connectivity index (χ2v) is 1.73. The summed E-state index contributed by atoms with van der Waals surface area (Å²) in [6.45, 7) is 4.51. The predicted octanol–water partition coefficient (Wildman–Crippen LogP) is 0.386.